The molecule has 4 fully saturated rings. The number of amides is 3. The number of rotatable bonds is 4. The van der Waals surface area contributed by atoms with Gasteiger partial charge in [-0.05, 0) is 105 Å². The lowest BCUT2D eigenvalue weighted by Crippen LogP contribution is -2.61. The largest absolute Gasteiger partial charge is 0.353 e. The number of carbonyl (C=O) groups is 3. The van der Waals surface area contributed by atoms with Crippen LogP contribution in [-0.2, 0) is 19.9 Å². The molecule has 6 heteroatoms. The Balaban J connectivity index is 1.29. The molecule has 7 atom stereocenters. The highest BCUT2D eigenvalue weighted by Crippen LogP contribution is 2.65. The molecule has 1 aromatic rings. The normalized spacial score (nSPS) is 37.7. The van der Waals surface area contributed by atoms with Crippen molar-refractivity contribution in [3.8, 4) is 0 Å². The number of benzene rings is 1. The van der Waals surface area contributed by atoms with Crippen LogP contribution in [0.25, 0.3) is 0 Å². The van der Waals surface area contributed by atoms with Crippen molar-refractivity contribution in [2.75, 3.05) is 5.32 Å². The molecule has 0 radical (unpaired) electrons. The second-order valence-corrected chi connectivity index (χ2v) is 13.1. The van der Waals surface area contributed by atoms with Crippen LogP contribution in [0.2, 0.25) is 0 Å². The van der Waals surface area contributed by atoms with Crippen molar-refractivity contribution in [2.45, 2.75) is 97.6 Å². The van der Waals surface area contributed by atoms with Crippen molar-refractivity contribution >= 4 is 23.4 Å². The molecule has 196 valence electrons. The Morgan fingerprint density at radius 2 is 1.64 bits per heavy atom. The zero-order valence-electron chi connectivity index (χ0n) is 22.6. The van der Waals surface area contributed by atoms with Gasteiger partial charge in [-0.2, -0.15) is 0 Å². The average Bonchev–Trinajstić information content (AvgIpc) is 3.16. The first-order valence-electron chi connectivity index (χ1n) is 13.9. The molecule has 1 aromatic carbocycles. The Hall–Kier alpha value is -2.37. The molecule has 5 rings (SSSR count). The zero-order chi connectivity index (χ0) is 25.9. The standard InChI is InChI=1S/C30H43N3O3/c1-18(34)31-20-8-6-19(7-9-20)28(2,3)33-27(36)24-12-11-22-21-10-13-25-30(5,17-15-26(35)32-25)23(21)14-16-29(22,24)4/h6-9,21-25H,10-17H2,1-5H3,(H,31,34)(H,32,35)(H,33,36)/t21-,22-,23-,24+,25+,29-,30+/m0/s1. The molecule has 0 bridgehead atoms. The van der Waals surface area contributed by atoms with Crippen LogP contribution in [0.15, 0.2) is 24.3 Å². The molecule has 6 nitrogen and oxygen atoms in total. The number of carbonyl (C=O) groups excluding carboxylic acids is 3. The van der Waals surface area contributed by atoms with Crippen LogP contribution in [0, 0.1) is 34.5 Å². The molecule has 0 aromatic heterocycles. The SMILES string of the molecule is CC(=O)Nc1ccc(C(C)(C)NC(=O)[C@H]2CC[C@H]3[C@@H]4CC[C@H]5NC(=O)CC[C@]5(C)[C@H]4CC[C@]23C)cc1. The summed E-state index contributed by atoms with van der Waals surface area (Å²) in [6.45, 7) is 10.4. The lowest BCUT2D eigenvalue weighted by molar-refractivity contribution is -0.142. The van der Waals surface area contributed by atoms with E-state index in [0.29, 0.717) is 30.2 Å². The fourth-order valence-corrected chi connectivity index (χ4v) is 8.77. The number of nitrogens with one attached hydrogen (secondary N) is 3. The van der Waals surface area contributed by atoms with Crippen LogP contribution >= 0.6 is 0 Å². The fraction of sp³-hybridized carbons (Fsp3) is 0.700. The van der Waals surface area contributed by atoms with Gasteiger partial charge in [0.1, 0.15) is 0 Å². The van der Waals surface area contributed by atoms with E-state index in [9.17, 15) is 14.4 Å². The summed E-state index contributed by atoms with van der Waals surface area (Å²) in [6.07, 6.45) is 8.27. The first kappa shape index (κ1) is 25.3. The van der Waals surface area contributed by atoms with E-state index in [4.69, 9.17) is 0 Å². The minimum absolute atomic E-state index is 0.0394. The van der Waals surface area contributed by atoms with Crippen molar-refractivity contribution < 1.29 is 14.4 Å². The van der Waals surface area contributed by atoms with Gasteiger partial charge in [-0.15, -0.1) is 0 Å². The van der Waals surface area contributed by atoms with Crippen molar-refractivity contribution in [1.29, 1.82) is 0 Å². The van der Waals surface area contributed by atoms with Gasteiger partial charge in [0.05, 0.1) is 5.54 Å². The maximum Gasteiger partial charge on any atom is 0.224 e. The van der Waals surface area contributed by atoms with Crippen LogP contribution < -0.4 is 16.0 Å². The lowest BCUT2D eigenvalue weighted by atomic mass is 9.47. The Labute approximate surface area is 215 Å². The summed E-state index contributed by atoms with van der Waals surface area (Å²) in [6, 6.07) is 8.07. The van der Waals surface area contributed by atoms with E-state index in [1.165, 1.54) is 19.8 Å². The molecule has 1 heterocycles. The van der Waals surface area contributed by atoms with Gasteiger partial charge in [-0.3, -0.25) is 14.4 Å². The minimum Gasteiger partial charge on any atom is -0.353 e. The summed E-state index contributed by atoms with van der Waals surface area (Å²) < 4.78 is 0. The number of hydrogen-bond acceptors (Lipinski definition) is 3. The first-order valence-corrected chi connectivity index (χ1v) is 13.9. The smallest absolute Gasteiger partial charge is 0.224 e. The van der Waals surface area contributed by atoms with E-state index in [1.54, 1.807) is 0 Å². The summed E-state index contributed by atoms with van der Waals surface area (Å²) in [7, 11) is 0. The number of hydrogen-bond donors (Lipinski definition) is 3. The predicted octanol–water partition coefficient (Wildman–Crippen LogP) is 5.13. The Morgan fingerprint density at radius 3 is 2.33 bits per heavy atom. The van der Waals surface area contributed by atoms with Gasteiger partial charge in [-0.1, -0.05) is 26.0 Å². The first-order chi connectivity index (χ1) is 16.9. The van der Waals surface area contributed by atoms with Crippen LogP contribution in [0.4, 0.5) is 5.69 Å². The maximum absolute atomic E-state index is 13.8. The molecule has 3 saturated carbocycles. The van der Waals surface area contributed by atoms with E-state index in [2.05, 4.69) is 43.6 Å². The Kier molecular flexibility index (Phi) is 6.24. The van der Waals surface area contributed by atoms with Gasteiger partial charge in [-0.25, -0.2) is 0 Å². The summed E-state index contributed by atoms with van der Waals surface area (Å²) in [4.78, 5) is 37.2. The molecule has 36 heavy (non-hydrogen) atoms. The number of fused-ring (bicyclic) bond motifs is 5. The second-order valence-electron chi connectivity index (χ2n) is 13.1. The summed E-state index contributed by atoms with van der Waals surface area (Å²) in [5.74, 6) is 2.24. The fourth-order valence-electron chi connectivity index (χ4n) is 8.77. The average molecular weight is 494 g/mol. The number of anilines is 1. The van der Waals surface area contributed by atoms with E-state index in [1.807, 2.05) is 24.3 Å². The van der Waals surface area contributed by atoms with Crippen molar-refractivity contribution in [1.82, 2.24) is 10.6 Å². The lowest BCUT2D eigenvalue weighted by Gasteiger charge is -2.60. The van der Waals surface area contributed by atoms with Gasteiger partial charge in [0.2, 0.25) is 17.7 Å². The van der Waals surface area contributed by atoms with Crippen LogP contribution in [-0.4, -0.2) is 23.8 Å². The van der Waals surface area contributed by atoms with Gasteiger partial charge in [0, 0.05) is 31.0 Å². The Morgan fingerprint density at radius 1 is 0.944 bits per heavy atom. The second kappa shape index (κ2) is 8.88. The Bertz CT molecular complexity index is 1050. The molecular weight excluding hydrogens is 450 g/mol. The zero-order valence-corrected chi connectivity index (χ0v) is 22.6. The third-order valence-corrected chi connectivity index (χ3v) is 10.8. The third-order valence-electron chi connectivity index (χ3n) is 10.8. The van der Waals surface area contributed by atoms with Crippen molar-refractivity contribution in [3.05, 3.63) is 29.8 Å². The molecule has 3 amide bonds. The van der Waals surface area contributed by atoms with E-state index < -0.39 is 5.54 Å². The van der Waals surface area contributed by atoms with Crippen LogP contribution in [0.1, 0.15) is 91.5 Å². The van der Waals surface area contributed by atoms with Gasteiger partial charge >= 0.3 is 0 Å². The summed E-state index contributed by atoms with van der Waals surface area (Å²) in [5.41, 5.74) is 1.53. The molecule has 0 unspecified atom stereocenters. The summed E-state index contributed by atoms with van der Waals surface area (Å²) >= 11 is 0. The summed E-state index contributed by atoms with van der Waals surface area (Å²) in [5, 5.41) is 9.51. The van der Waals surface area contributed by atoms with Gasteiger partial charge < -0.3 is 16.0 Å². The minimum atomic E-state index is -0.497. The number of piperidine rings is 1. The molecule has 1 aliphatic heterocycles. The quantitative estimate of drug-likeness (QED) is 0.543. The highest BCUT2D eigenvalue weighted by Gasteiger charge is 2.61. The van der Waals surface area contributed by atoms with E-state index in [0.717, 1.165) is 43.4 Å². The molecular formula is C30H43N3O3. The van der Waals surface area contributed by atoms with Crippen LogP contribution in [0.5, 0.6) is 0 Å². The molecule has 3 aliphatic carbocycles. The monoisotopic (exact) mass is 493 g/mol. The molecule has 1 saturated heterocycles. The van der Waals surface area contributed by atoms with Gasteiger partial charge in [0.25, 0.3) is 0 Å². The highest BCUT2D eigenvalue weighted by molar-refractivity contribution is 5.88. The van der Waals surface area contributed by atoms with Crippen molar-refractivity contribution in [2.24, 2.45) is 34.5 Å². The van der Waals surface area contributed by atoms with Crippen LogP contribution in [0.3, 0.4) is 0 Å². The topological polar surface area (TPSA) is 87.3 Å². The van der Waals surface area contributed by atoms with Crippen molar-refractivity contribution in [3.63, 3.8) is 0 Å². The van der Waals surface area contributed by atoms with E-state index >= 15 is 0 Å². The molecule has 3 N–H and O–H groups in total. The third kappa shape index (κ3) is 4.14. The maximum atomic E-state index is 13.8. The van der Waals surface area contributed by atoms with E-state index in [-0.39, 0.29) is 34.5 Å². The predicted molar refractivity (Wildman–Crippen MR) is 141 cm³/mol. The molecule has 4 aliphatic rings. The highest BCUT2D eigenvalue weighted by atomic mass is 16.2. The molecule has 0 spiro atoms. The van der Waals surface area contributed by atoms with Gasteiger partial charge in [0.15, 0.2) is 0 Å².